The van der Waals surface area contributed by atoms with E-state index in [1.165, 1.54) is 17.1 Å². The molecular weight excluding hydrogens is 274 g/mol. The Morgan fingerprint density at radius 3 is 2.50 bits per heavy atom. The average molecular weight is 299 g/mol. The highest BCUT2D eigenvalue weighted by molar-refractivity contribution is 5.17. The van der Waals surface area contributed by atoms with Crippen molar-refractivity contribution in [2.45, 2.75) is 19.9 Å². The fourth-order valence-electron chi connectivity index (χ4n) is 2.96. The van der Waals surface area contributed by atoms with Gasteiger partial charge >= 0.3 is 0 Å². The SMILES string of the molecule is Cc1cccnc1CN1CCN(CCc2nccn2C)CC1. The maximum atomic E-state index is 4.50. The number of pyridine rings is 1. The number of imidazole rings is 1. The van der Waals surface area contributed by atoms with E-state index in [-0.39, 0.29) is 0 Å². The third-order valence-corrected chi connectivity index (χ3v) is 4.53. The Morgan fingerprint density at radius 2 is 1.82 bits per heavy atom. The van der Waals surface area contributed by atoms with Gasteiger partial charge in [0, 0.05) is 71.3 Å². The molecule has 5 heteroatoms. The van der Waals surface area contributed by atoms with Crippen molar-refractivity contribution in [3.05, 3.63) is 47.8 Å². The first kappa shape index (κ1) is 15.2. The molecule has 1 fully saturated rings. The summed E-state index contributed by atoms with van der Waals surface area (Å²) >= 11 is 0. The Kier molecular flexibility index (Phi) is 4.85. The molecule has 2 aromatic rings. The number of hydrogen-bond acceptors (Lipinski definition) is 4. The van der Waals surface area contributed by atoms with Crippen LogP contribution in [0.25, 0.3) is 0 Å². The molecule has 22 heavy (non-hydrogen) atoms. The van der Waals surface area contributed by atoms with E-state index in [1.807, 2.05) is 24.7 Å². The van der Waals surface area contributed by atoms with Crippen LogP contribution in [-0.4, -0.2) is 57.1 Å². The Bertz CT molecular complexity index is 599. The Balaban J connectivity index is 1.44. The summed E-state index contributed by atoms with van der Waals surface area (Å²) in [5.74, 6) is 1.17. The van der Waals surface area contributed by atoms with Crippen LogP contribution in [0, 0.1) is 6.92 Å². The molecule has 0 spiro atoms. The van der Waals surface area contributed by atoms with Gasteiger partial charge in [-0.05, 0) is 18.6 Å². The zero-order valence-electron chi connectivity index (χ0n) is 13.6. The van der Waals surface area contributed by atoms with E-state index in [2.05, 4.69) is 44.4 Å². The molecule has 2 aromatic heterocycles. The van der Waals surface area contributed by atoms with Crippen LogP contribution < -0.4 is 0 Å². The number of nitrogens with zero attached hydrogens (tertiary/aromatic N) is 5. The fourth-order valence-corrected chi connectivity index (χ4v) is 2.96. The second kappa shape index (κ2) is 7.03. The minimum absolute atomic E-state index is 0.972. The minimum Gasteiger partial charge on any atom is -0.338 e. The predicted molar refractivity (Wildman–Crippen MR) is 87.6 cm³/mol. The number of piperazine rings is 1. The summed E-state index contributed by atoms with van der Waals surface area (Å²) in [6.45, 7) is 8.73. The van der Waals surface area contributed by atoms with E-state index in [1.54, 1.807) is 0 Å². The molecule has 1 saturated heterocycles. The summed E-state index contributed by atoms with van der Waals surface area (Å²) in [5, 5.41) is 0. The quantitative estimate of drug-likeness (QED) is 0.838. The molecular formula is C17H25N5. The van der Waals surface area contributed by atoms with E-state index in [0.717, 1.165) is 45.7 Å². The van der Waals surface area contributed by atoms with E-state index in [9.17, 15) is 0 Å². The van der Waals surface area contributed by atoms with Crippen molar-refractivity contribution in [1.82, 2.24) is 24.3 Å². The van der Waals surface area contributed by atoms with Gasteiger partial charge in [0.05, 0.1) is 5.69 Å². The molecule has 118 valence electrons. The molecule has 3 rings (SSSR count). The summed E-state index contributed by atoms with van der Waals surface area (Å²) in [4.78, 5) is 13.9. The van der Waals surface area contributed by atoms with Gasteiger partial charge in [0.2, 0.25) is 0 Å². The molecule has 0 atom stereocenters. The molecule has 1 aliphatic heterocycles. The Hall–Kier alpha value is -1.72. The van der Waals surface area contributed by atoms with Crippen LogP contribution in [-0.2, 0) is 20.0 Å². The van der Waals surface area contributed by atoms with Crippen LogP contribution in [0.2, 0.25) is 0 Å². The zero-order valence-corrected chi connectivity index (χ0v) is 13.6. The first-order chi connectivity index (χ1) is 10.7. The van der Waals surface area contributed by atoms with E-state index >= 15 is 0 Å². The highest BCUT2D eigenvalue weighted by Crippen LogP contribution is 2.10. The van der Waals surface area contributed by atoms with Crippen LogP contribution in [0.5, 0.6) is 0 Å². The van der Waals surface area contributed by atoms with Gasteiger partial charge in [-0.15, -0.1) is 0 Å². The summed E-state index contributed by atoms with van der Waals surface area (Å²) in [6.07, 6.45) is 6.82. The third-order valence-electron chi connectivity index (χ3n) is 4.53. The largest absolute Gasteiger partial charge is 0.338 e. The van der Waals surface area contributed by atoms with Crippen LogP contribution in [0.15, 0.2) is 30.7 Å². The fraction of sp³-hybridized carbons (Fsp3) is 0.529. The highest BCUT2D eigenvalue weighted by atomic mass is 15.3. The second-order valence-electron chi connectivity index (χ2n) is 6.09. The summed E-state index contributed by atoms with van der Waals surface area (Å²) in [5.41, 5.74) is 2.50. The molecule has 1 aliphatic rings. The summed E-state index contributed by atoms with van der Waals surface area (Å²) < 4.78 is 2.11. The van der Waals surface area contributed by atoms with Crippen molar-refractivity contribution in [2.75, 3.05) is 32.7 Å². The lowest BCUT2D eigenvalue weighted by atomic mass is 10.2. The zero-order chi connectivity index (χ0) is 15.4. The third kappa shape index (κ3) is 3.72. The maximum Gasteiger partial charge on any atom is 0.109 e. The van der Waals surface area contributed by atoms with Gasteiger partial charge in [0.25, 0.3) is 0 Å². The number of aryl methyl sites for hydroxylation is 2. The monoisotopic (exact) mass is 299 g/mol. The van der Waals surface area contributed by atoms with Crippen molar-refractivity contribution in [3.8, 4) is 0 Å². The van der Waals surface area contributed by atoms with Crippen LogP contribution in [0.3, 0.4) is 0 Å². The molecule has 0 amide bonds. The lowest BCUT2D eigenvalue weighted by Gasteiger charge is -2.34. The maximum absolute atomic E-state index is 4.50. The molecule has 3 heterocycles. The van der Waals surface area contributed by atoms with Crippen molar-refractivity contribution in [1.29, 1.82) is 0 Å². The lowest BCUT2D eigenvalue weighted by Crippen LogP contribution is -2.46. The summed E-state index contributed by atoms with van der Waals surface area (Å²) in [7, 11) is 2.06. The molecule has 5 nitrogen and oxygen atoms in total. The van der Waals surface area contributed by atoms with E-state index < -0.39 is 0 Å². The number of hydrogen-bond donors (Lipinski definition) is 0. The van der Waals surface area contributed by atoms with Gasteiger partial charge < -0.3 is 9.47 Å². The normalized spacial score (nSPS) is 17.0. The first-order valence-electron chi connectivity index (χ1n) is 8.04. The van der Waals surface area contributed by atoms with Crippen LogP contribution in [0.1, 0.15) is 17.1 Å². The second-order valence-corrected chi connectivity index (χ2v) is 6.09. The van der Waals surface area contributed by atoms with Crippen LogP contribution >= 0.6 is 0 Å². The molecule has 0 radical (unpaired) electrons. The summed E-state index contributed by atoms with van der Waals surface area (Å²) in [6, 6.07) is 4.15. The van der Waals surface area contributed by atoms with Crippen molar-refractivity contribution < 1.29 is 0 Å². The van der Waals surface area contributed by atoms with Crippen molar-refractivity contribution >= 4 is 0 Å². The molecule has 0 bridgehead atoms. The van der Waals surface area contributed by atoms with Crippen molar-refractivity contribution in [3.63, 3.8) is 0 Å². The van der Waals surface area contributed by atoms with Gasteiger partial charge in [-0.3, -0.25) is 9.88 Å². The van der Waals surface area contributed by atoms with Gasteiger partial charge in [-0.25, -0.2) is 4.98 Å². The molecule has 0 aliphatic carbocycles. The first-order valence-corrected chi connectivity index (χ1v) is 8.04. The Morgan fingerprint density at radius 1 is 1.05 bits per heavy atom. The minimum atomic E-state index is 0.972. The molecule has 0 unspecified atom stereocenters. The smallest absolute Gasteiger partial charge is 0.109 e. The average Bonchev–Trinajstić information content (AvgIpc) is 2.94. The lowest BCUT2D eigenvalue weighted by molar-refractivity contribution is 0.126. The van der Waals surface area contributed by atoms with E-state index in [0.29, 0.717) is 0 Å². The predicted octanol–water partition coefficient (Wildman–Crippen LogP) is 1.48. The van der Waals surface area contributed by atoms with E-state index in [4.69, 9.17) is 0 Å². The Labute approximate surface area is 132 Å². The highest BCUT2D eigenvalue weighted by Gasteiger charge is 2.18. The molecule has 0 N–H and O–H groups in total. The van der Waals surface area contributed by atoms with Gasteiger partial charge in [0.15, 0.2) is 0 Å². The molecule has 0 saturated carbocycles. The van der Waals surface area contributed by atoms with Crippen LogP contribution in [0.4, 0.5) is 0 Å². The van der Waals surface area contributed by atoms with Crippen molar-refractivity contribution in [2.24, 2.45) is 7.05 Å². The number of rotatable bonds is 5. The molecule has 0 aromatic carbocycles. The standard InChI is InChI=1S/C17H25N5/c1-15-4-3-6-18-16(15)14-22-12-10-21(11-13-22)8-5-17-19-7-9-20(17)2/h3-4,6-7,9H,5,8,10-14H2,1-2H3. The topological polar surface area (TPSA) is 37.2 Å². The van der Waals surface area contributed by atoms with Gasteiger partial charge in [-0.2, -0.15) is 0 Å². The number of aromatic nitrogens is 3. The van der Waals surface area contributed by atoms with Gasteiger partial charge in [-0.1, -0.05) is 6.07 Å². The van der Waals surface area contributed by atoms with Gasteiger partial charge in [0.1, 0.15) is 5.82 Å².